The summed E-state index contributed by atoms with van der Waals surface area (Å²) in [7, 11) is 2.21. The second-order valence-electron chi connectivity index (χ2n) is 8.52. The summed E-state index contributed by atoms with van der Waals surface area (Å²) >= 11 is 0. The number of nitrogens with zero attached hydrogens (tertiary/aromatic N) is 1. The van der Waals surface area contributed by atoms with E-state index in [-0.39, 0.29) is 11.1 Å². The molecule has 134 valence electrons. The molecule has 2 aromatic rings. The minimum Gasteiger partial charge on any atom is -0.478 e. The van der Waals surface area contributed by atoms with Crippen LogP contribution in [0.4, 0.5) is 5.69 Å². The summed E-state index contributed by atoms with van der Waals surface area (Å²) in [4.78, 5) is 13.6. The smallest absolute Gasteiger partial charge is 0.335 e. The normalized spacial score (nSPS) is 20.5. The van der Waals surface area contributed by atoms with Gasteiger partial charge >= 0.3 is 5.97 Å². The van der Waals surface area contributed by atoms with Crippen molar-refractivity contribution in [3.8, 4) is 0 Å². The lowest BCUT2D eigenvalue weighted by Crippen LogP contribution is -2.61. The Morgan fingerprint density at radius 1 is 1.04 bits per heavy atom. The number of rotatable bonds is 3. The summed E-state index contributed by atoms with van der Waals surface area (Å²) in [5.74, 6) is -0.889. The molecule has 1 aliphatic heterocycles. The predicted molar refractivity (Wildman–Crippen MR) is 103 cm³/mol. The summed E-state index contributed by atoms with van der Waals surface area (Å²) in [6, 6.07) is 11.8. The van der Waals surface area contributed by atoms with Gasteiger partial charge in [0.2, 0.25) is 0 Å². The first-order chi connectivity index (χ1) is 11.6. The van der Waals surface area contributed by atoms with Crippen molar-refractivity contribution in [3.05, 3.63) is 42.0 Å². The molecule has 0 atom stereocenters. The van der Waals surface area contributed by atoms with Gasteiger partial charge in [-0.25, -0.2) is 4.79 Å². The van der Waals surface area contributed by atoms with Gasteiger partial charge in [-0.1, -0.05) is 12.1 Å². The molecule has 1 saturated heterocycles. The van der Waals surface area contributed by atoms with Gasteiger partial charge in [-0.05, 0) is 82.6 Å². The van der Waals surface area contributed by atoms with Gasteiger partial charge in [0, 0.05) is 22.8 Å². The Bertz CT molecular complexity index is 793. The third-order valence-corrected chi connectivity index (χ3v) is 5.77. The van der Waals surface area contributed by atoms with Crippen molar-refractivity contribution in [2.75, 3.05) is 12.4 Å². The maximum absolute atomic E-state index is 11.1. The average Bonchev–Trinajstić information content (AvgIpc) is 2.51. The van der Waals surface area contributed by atoms with E-state index >= 15 is 0 Å². The molecule has 3 rings (SSSR count). The number of piperidine rings is 1. The molecule has 2 aromatic carbocycles. The van der Waals surface area contributed by atoms with Gasteiger partial charge in [0.15, 0.2) is 0 Å². The molecule has 0 bridgehead atoms. The van der Waals surface area contributed by atoms with E-state index in [0.717, 1.165) is 29.3 Å². The lowest BCUT2D eigenvalue weighted by Gasteiger charge is -2.54. The van der Waals surface area contributed by atoms with Crippen molar-refractivity contribution in [3.63, 3.8) is 0 Å². The van der Waals surface area contributed by atoms with Crippen LogP contribution < -0.4 is 5.32 Å². The van der Waals surface area contributed by atoms with Gasteiger partial charge in [0.05, 0.1) is 5.56 Å². The van der Waals surface area contributed by atoms with Gasteiger partial charge < -0.3 is 10.4 Å². The number of benzene rings is 2. The van der Waals surface area contributed by atoms with Crippen molar-refractivity contribution in [2.45, 2.75) is 57.7 Å². The molecular formula is C21H28N2O2. The highest BCUT2D eigenvalue weighted by atomic mass is 16.4. The zero-order chi connectivity index (χ0) is 18.4. The molecule has 1 heterocycles. The van der Waals surface area contributed by atoms with Crippen LogP contribution in [0.1, 0.15) is 50.9 Å². The van der Waals surface area contributed by atoms with Crippen LogP contribution in [0.5, 0.6) is 0 Å². The Kier molecular flexibility index (Phi) is 4.28. The van der Waals surface area contributed by atoms with E-state index in [4.69, 9.17) is 5.11 Å². The Hall–Kier alpha value is -2.07. The SMILES string of the molecule is CN1C(C)(C)CC(Nc2ccc3cc(C(=O)O)ccc3c2)CC1(C)C. The molecule has 0 aliphatic carbocycles. The number of anilines is 1. The lowest BCUT2D eigenvalue weighted by atomic mass is 9.77. The fraction of sp³-hybridized carbons (Fsp3) is 0.476. The molecule has 1 aliphatic rings. The lowest BCUT2D eigenvalue weighted by molar-refractivity contribution is -0.00767. The molecule has 25 heavy (non-hydrogen) atoms. The van der Waals surface area contributed by atoms with Gasteiger partial charge in [-0.3, -0.25) is 4.90 Å². The highest BCUT2D eigenvalue weighted by Gasteiger charge is 2.42. The van der Waals surface area contributed by atoms with E-state index < -0.39 is 5.97 Å². The maximum atomic E-state index is 11.1. The number of carbonyl (C=O) groups is 1. The Morgan fingerprint density at radius 3 is 2.20 bits per heavy atom. The fourth-order valence-corrected chi connectivity index (χ4v) is 4.18. The standard InChI is InChI=1S/C21H28N2O2/c1-20(2)12-18(13-21(3,4)23(20)5)22-17-9-8-14-10-16(19(24)25)7-6-15(14)11-17/h6-11,18,22H,12-13H2,1-5H3,(H,24,25). The highest BCUT2D eigenvalue weighted by Crippen LogP contribution is 2.38. The zero-order valence-corrected chi connectivity index (χ0v) is 15.8. The van der Waals surface area contributed by atoms with Gasteiger partial charge in [-0.15, -0.1) is 0 Å². The minimum atomic E-state index is -0.889. The molecule has 0 unspecified atom stereocenters. The molecule has 1 fully saturated rings. The van der Waals surface area contributed by atoms with E-state index in [9.17, 15) is 4.79 Å². The molecular weight excluding hydrogens is 312 g/mol. The number of nitrogens with one attached hydrogen (secondary N) is 1. The molecule has 0 spiro atoms. The van der Waals surface area contributed by atoms with E-state index in [0.29, 0.717) is 11.6 Å². The van der Waals surface area contributed by atoms with Crippen molar-refractivity contribution in [1.82, 2.24) is 4.90 Å². The number of hydrogen-bond acceptors (Lipinski definition) is 3. The van der Waals surface area contributed by atoms with Crippen molar-refractivity contribution in [2.24, 2.45) is 0 Å². The molecule has 4 nitrogen and oxygen atoms in total. The summed E-state index contributed by atoms with van der Waals surface area (Å²) in [5, 5.41) is 14.8. The topological polar surface area (TPSA) is 52.6 Å². The van der Waals surface area contributed by atoms with E-state index in [1.54, 1.807) is 12.1 Å². The second-order valence-corrected chi connectivity index (χ2v) is 8.52. The monoisotopic (exact) mass is 340 g/mol. The van der Waals surface area contributed by atoms with Crippen LogP contribution in [-0.4, -0.2) is 40.1 Å². The van der Waals surface area contributed by atoms with Crippen LogP contribution >= 0.6 is 0 Å². The van der Waals surface area contributed by atoms with Crippen LogP contribution in [0, 0.1) is 0 Å². The van der Waals surface area contributed by atoms with Gasteiger partial charge in [0.25, 0.3) is 0 Å². The number of likely N-dealkylation sites (tertiary alicyclic amines) is 1. The molecule has 0 saturated carbocycles. The van der Waals surface area contributed by atoms with Crippen LogP contribution in [-0.2, 0) is 0 Å². The number of carboxylic acids is 1. The first-order valence-electron chi connectivity index (χ1n) is 8.86. The summed E-state index contributed by atoms with van der Waals surface area (Å²) in [6.45, 7) is 9.21. The largest absolute Gasteiger partial charge is 0.478 e. The number of hydrogen-bond donors (Lipinski definition) is 2. The quantitative estimate of drug-likeness (QED) is 0.857. The second kappa shape index (κ2) is 6.03. The molecule has 2 N–H and O–H groups in total. The summed E-state index contributed by atoms with van der Waals surface area (Å²) in [5.41, 5.74) is 1.71. The molecule has 4 heteroatoms. The number of aromatic carboxylic acids is 1. The summed E-state index contributed by atoms with van der Waals surface area (Å²) in [6.07, 6.45) is 2.17. The number of fused-ring (bicyclic) bond motifs is 1. The first-order valence-corrected chi connectivity index (χ1v) is 8.86. The molecule has 0 amide bonds. The van der Waals surface area contributed by atoms with Gasteiger partial charge in [0.1, 0.15) is 0 Å². The van der Waals surface area contributed by atoms with Crippen LogP contribution in [0.3, 0.4) is 0 Å². The minimum absolute atomic E-state index is 0.145. The van der Waals surface area contributed by atoms with Crippen LogP contribution in [0.2, 0.25) is 0 Å². The Morgan fingerprint density at radius 2 is 1.60 bits per heavy atom. The Balaban J connectivity index is 1.83. The third kappa shape index (κ3) is 3.49. The molecule has 0 radical (unpaired) electrons. The van der Waals surface area contributed by atoms with Crippen LogP contribution in [0.25, 0.3) is 10.8 Å². The maximum Gasteiger partial charge on any atom is 0.335 e. The average molecular weight is 340 g/mol. The van der Waals surface area contributed by atoms with Crippen molar-refractivity contribution < 1.29 is 9.90 Å². The Labute approximate surface area is 149 Å². The third-order valence-electron chi connectivity index (χ3n) is 5.77. The zero-order valence-electron chi connectivity index (χ0n) is 15.8. The highest BCUT2D eigenvalue weighted by molar-refractivity contribution is 5.95. The predicted octanol–water partition coefficient (Wildman–Crippen LogP) is 4.60. The fourth-order valence-electron chi connectivity index (χ4n) is 4.18. The van der Waals surface area contributed by atoms with Crippen LogP contribution in [0.15, 0.2) is 36.4 Å². The van der Waals surface area contributed by atoms with E-state index in [1.165, 1.54) is 0 Å². The molecule has 0 aromatic heterocycles. The van der Waals surface area contributed by atoms with Crippen molar-refractivity contribution >= 4 is 22.4 Å². The number of carboxylic acid groups (broad SMARTS) is 1. The first kappa shape index (κ1) is 17.7. The van der Waals surface area contributed by atoms with Crippen molar-refractivity contribution in [1.29, 1.82) is 0 Å². The van der Waals surface area contributed by atoms with E-state index in [2.05, 4.69) is 51.0 Å². The summed E-state index contributed by atoms with van der Waals surface area (Å²) < 4.78 is 0. The van der Waals surface area contributed by atoms with Gasteiger partial charge in [-0.2, -0.15) is 0 Å². The van der Waals surface area contributed by atoms with E-state index in [1.807, 2.05) is 18.2 Å².